The number of nitriles is 1. The molecule has 0 spiro atoms. The number of aromatic nitrogens is 2. The fraction of sp³-hybridized carbons (Fsp3) is 0. The third kappa shape index (κ3) is 3.94. The Hall–Kier alpha value is -3.07. The number of carbonyl (C=O) groups excluding carboxylic acids is 1. The Balaban J connectivity index is 1.82. The standard InChI is InChI=1S/C19H12Cl2N4O/c20-16-7-4-8-17(18(16)21)24-19(26)14(10-22)9-13-11-23-25(12-13)15-5-2-1-3-6-15/h1-9,11-12H,(H,24,26)/b14-9+. The van der Waals surface area contributed by atoms with Crippen LogP contribution in [0, 0.1) is 11.3 Å². The summed E-state index contributed by atoms with van der Waals surface area (Å²) < 4.78 is 1.66. The average molecular weight is 383 g/mol. The maximum atomic E-state index is 12.4. The van der Waals surface area contributed by atoms with Crippen molar-refractivity contribution in [2.45, 2.75) is 0 Å². The monoisotopic (exact) mass is 382 g/mol. The van der Waals surface area contributed by atoms with Gasteiger partial charge in [-0.25, -0.2) is 4.68 Å². The van der Waals surface area contributed by atoms with Crippen LogP contribution in [-0.4, -0.2) is 15.7 Å². The van der Waals surface area contributed by atoms with E-state index in [1.54, 1.807) is 35.3 Å². The topological polar surface area (TPSA) is 70.7 Å². The molecule has 0 saturated heterocycles. The minimum Gasteiger partial charge on any atom is -0.320 e. The number of para-hydroxylation sites is 1. The SMILES string of the molecule is N#C/C(=C\c1cnn(-c2ccccc2)c1)C(=O)Nc1cccc(Cl)c1Cl. The minimum atomic E-state index is -0.580. The fourth-order valence-electron chi connectivity index (χ4n) is 2.24. The van der Waals surface area contributed by atoms with Gasteiger partial charge in [-0.1, -0.05) is 47.5 Å². The Bertz CT molecular complexity index is 1020. The second-order valence-electron chi connectivity index (χ2n) is 5.28. The molecule has 3 rings (SSSR count). The molecular weight excluding hydrogens is 371 g/mol. The molecule has 3 aromatic rings. The maximum Gasteiger partial charge on any atom is 0.266 e. The Labute approximate surface area is 160 Å². The second kappa shape index (κ2) is 7.87. The zero-order valence-electron chi connectivity index (χ0n) is 13.4. The molecule has 0 aliphatic rings. The first-order valence-electron chi connectivity index (χ1n) is 7.56. The van der Waals surface area contributed by atoms with Crippen molar-refractivity contribution in [2.75, 3.05) is 5.32 Å². The Morgan fingerprint density at radius 3 is 2.65 bits per heavy atom. The van der Waals surface area contributed by atoms with Crippen LogP contribution in [0.25, 0.3) is 11.8 Å². The van der Waals surface area contributed by atoms with Crippen LogP contribution in [0.1, 0.15) is 5.56 Å². The summed E-state index contributed by atoms with van der Waals surface area (Å²) in [6, 6.07) is 16.3. The molecule has 0 unspecified atom stereocenters. The van der Waals surface area contributed by atoms with Crippen molar-refractivity contribution in [1.29, 1.82) is 5.26 Å². The van der Waals surface area contributed by atoms with Crippen molar-refractivity contribution in [3.05, 3.63) is 82.1 Å². The van der Waals surface area contributed by atoms with Crippen molar-refractivity contribution >= 4 is 40.9 Å². The molecule has 26 heavy (non-hydrogen) atoms. The Kier molecular flexibility index (Phi) is 5.37. The van der Waals surface area contributed by atoms with E-state index in [-0.39, 0.29) is 10.6 Å². The summed E-state index contributed by atoms with van der Waals surface area (Å²) >= 11 is 12.0. The summed E-state index contributed by atoms with van der Waals surface area (Å²) in [5.41, 5.74) is 1.76. The van der Waals surface area contributed by atoms with Gasteiger partial charge in [0.25, 0.3) is 5.91 Å². The van der Waals surface area contributed by atoms with E-state index in [0.717, 1.165) is 5.69 Å². The van der Waals surface area contributed by atoms with E-state index in [0.29, 0.717) is 16.3 Å². The molecule has 7 heteroatoms. The molecule has 0 fully saturated rings. The maximum absolute atomic E-state index is 12.4. The molecule has 1 N–H and O–H groups in total. The molecule has 128 valence electrons. The van der Waals surface area contributed by atoms with E-state index in [4.69, 9.17) is 23.2 Å². The molecule has 0 saturated carbocycles. The summed E-state index contributed by atoms with van der Waals surface area (Å²) in [5, 5.41) is 16.7. The number of halogens is 2. The molecule has 0 aliphatic heterocycles. The van der Waals surface area contributed by atoms with Crippen molar-refractivity contribution in [3.8, 4) is 11.8 Å². The second-order valence-corrected chi connectivity index (χ2v) is 6.06. The van der Waals surface area contributed by atoms with Crippen LogP contribution >= 0.6 is 23.2 Å². The van der Waals surface area contributed by atoms with Crippen LogP contribution < -0.4 is 5.32 Å². The quantitative estimate of drug-likeness (QED) is 0.523. The number of nitrogens with zero attached hydrogens (tertiary/aromatic N) is 3. The Morgan fingerprint density at radius 2 is 1.92 bits per heavy atom. The highest BCUT2D eigenvalue weighted by molar-refractivity contribution is 6.44. The van der Waals surface area contributed by atoms with Gasteiger partial charge >= 0.3 is 0 Å². The summed E-state index contributed by atoms with van der Waals surface area (Å²) in [7, 11) is 0. The van der Waals surface area contributed by atoms with Crippen molar-refractivity contribution in [3.63, 3.8) is 0 Å². The average Bonchev–Trinajstić information content (AvgIpc) is 3.13. The Morgan fingerprint density at radius 1 is 1.15 bits per heavy atom. The van der Waals surface area contributed by atoms with E-state index in [1.165, 1.54) is 6.08 Å². The summed E-state index contributed by atoms with van der Waals surface area (Å²) in [5.74, 6) is -0.580. The third-order valence-corrected chi connectivity index (χ3v) is 4.32. The molecule has 0 atom stereocenters. The number of hydrogen-bond donors (Lipinski definition) is 1. The summed E-state index contributed by atoms with van der Waals surface area (Å²) in [6.45, 7) is 0. The zero-order valence-corrected chi connectivity index (χ0v) is 14.9. The fourth-order valence-corrected chi connectivity index (χ4v) is 2.59. The predicted octanol–water partition coefficient (Wildman–Crippen LogP) is 4.72. The highest BCUT2D eigenvalue weighted by atomic mass is 35.5. The smallest absolute Gasteiger partial charge is 0.266 e. The van der Waals surface area contributed by atoms with Gasteiger partial charge in [0.05, 0.1) is 27.6 Å². The molecule has 1 heterocycles. The van der Waals surface area contributed by atoms with Gasteiger partial charge in [0.1, 0.15) is 11.6 Å². The predicted molar refractivity (Wildman–Crippen MR) is 102 cm³/mol. The van der Waals surface area contributed by atoms with E-state index >= 15 is 0 Å². The molecule has 0 aliphatic carbocycles. The first-order valence-corrected chi connectivity index (χ1v) is 8.31. The van der Waals surface area contributed by atoms with Gasteiger partial charge < -0.3 is 5.32 Å². The van der Waals surface area contributed by atoms with Crippen LogP contribution in [0.5, 0.6) is 0 Å². The van der Waals surface area contributed by atoms with Crippen LogP contribution in [-0.2, 0) is 4.79 Å². The summed E-state index contributed by atoms with van der Waals surface area (Å²) in [4.78, 5) is 12.4. The zero-order chi connectivity index (χ0) is 18.5. The van der Waals surface area contributed by atoms with Crippen LogP contribution in [0.2, 0.25) is 10.0 Å². The lowest BCUT2D eigenvalue weighted by Crippen LogP contribution is -2.13. The van der Waals surface area contributed by atoms with Gasteiger partial charge in [0, 0.05) is 11.8 Å². The molecule has 2 aromatic carbocycles. The number of benzene rings is 2. The molecule has 0 bridgehead atoms. The number of nitrogens with one attached hydrogen (secondary N) is 1. The lowest BCUT2D eigenvalue weighted by Gasteiger charge is -2.07. The lowest BCUT2D eigenvalue weighted by atomic mass is 10.2. The van der Waals surface area contributed by atoms with Crippen LogP contribution in [0.15, 0.2) is 66.5 Å². The first-order chi connectivity index (χ1) is 12.6. The van der Waals surface area contributed by atoms with E-state index < -0.39 is 5.91 Å². The minimum absolute atomic E-state index is 0.0753. The van der Waals surface area contributed by atoms with Crippen LogP contribution in [0.3, 0.4) is 0 Å². The molecule has 0 radical (unpaired) electrons. The van der Waals surface area contributed by atoms with E-state index in [2.05, 4.69) is 10.4 Å². The first kappa shape index (κ1) is 17.7. The summed E-state index contributed by atoms with van der Waals surface area (Å²) in [6.07, 6.45) is 4.76. The molecule has 1 aromatic heterocycles. The molecule has 5 nitrogen and oxygen atoms in total. The highest BCUT2D eigenvalue weighted by Gasteiger charge is 2.13. The normalized spacial score (nSPS) is 11.0. The van der Waals surface area contributed by atoms with Gasteiger partial charge in [-0.15, -0.1) is 0 Å². The third-order valence-electron chi connectivity index (χ3n) is 3.50. The number of amides is 1. The number of anilines is 1. The van der Waals surface area contributed by atoms with Gasteiger partial charge in [0.15, 0.2) is 0 Å². The number of hydrogen-bond acceptors (Lipinski definition) is 3. The van der Waals surface area contributed by atoms with E-state index in [9.17, 15) is 10.1 Å². The highest BCUT2D eigenvalue weighted by Crippen LogP contribution is 2.29. The number of rotatable bonds is 4. The van der Waals surface area contributed by atoms with Crippen LogP contribution in [0.4, 0.5) is 5.69 Å². The largest absolute Gasteiger partial charge is 0.320 e. The van der Waals surface area contributed by atoms with Gasteiger partial charge in [-0.05, 0) is 30.3 Å². The molecular formula is C19H12Cl2N4O. The van der Waals surface area contributed by atoms with Gasteiger partial charge in [0.2, 0.25) is 0 Å². The van der Waals surface area contributed by atoms with Gasteiger partial charge in [-0.2, -0.15) is 10.4 Å². The number of carbonyl (C=O) groups is 1. The van der Waals surface area contributed by atoms with Crippen molar-refractivity contribution in [1.82, 2.24) is 9.78 Å². The van der Waals surface area contributed by atoms with Crippen molar-refractivity contribution in [2.24, 2.45) is 0 Å². The molecule has 1 amide bonds. The van der Waals surface area contributed by atoms with Gasteiger partial charge in [-0.3, -0.25) is 4.79 Å². The lowest BCUT2D eigenvalue weighted by molar-refractivity contribution is -0.112. The van der Waals surface area contributed by atoms with E-state index in [1.807, 2.05) is 36.4 Å². The van der Waals surface area contributed by atoms with Crippen molar-refractivity contribution < 1.29 is 4.79 Å².